The van der Waals surface area contributed by atoms with E-state index in [9.17, 15) is 0 Å². The highest BCUT2D eigenvalue weighted by Crippen LogP contribution is 2.19. The fourth-order valence-corrected chi connectivity index (χ4v) is 2.44. The number of hydrogen-bond donors (Lipinski definition) is 2. The van der Waals surface area contributed by atoms with Gasteiger partial charge in [0.15, 0.2) is 0 Å². The van der Waals surface area contributed by atoms with Crippen molar-refractivity contribution in [2.24, 2.45) is 5.92 Å². The van der Waals surface area contributed by atoms with Crippen LogP contribution in [-0.2, 0) is 0 Å². The quantitative estimate of drug-likeness (QED) is 0.846. The average molecular weight is 249 g/mol. The van der Waals surface area contributed by atoms with Gasteiger partial charge < -0.3 is 16.0 Å². The Kier molecular flexibility index (Phi) is 4.36. The molecule has 1 fully saturated rings. The minimum atomic E-state index is 0.532. The SMILES string of the molecule is Cc1nc(N)cc(NCCC2CCN(C)CC2)n1. The number of aryl methyl sites for hydroxylation is 1. The van der Waals surface area contributed by atoms with Crippen LogP contribution in [-0.4, -0.2) is 41.5 Å². The van der Waals surface area contributed by atoms with Gasteiger partial charge in [-0.1, -0.05) is 0 Å². The second-order valence-electron chi connectivity index (χ2n) is 5.19. The van der Waals surface area contributed by atoms with Crippen LogP contribution in [0, 0.1) is 12.8 Å². The Balaban J connectivity index is 1.74. The van der Waals surface area contributed by atoms with Gasteiger partial charge >= 0.3 is 0 Å². The third kappa shape index (κ3) is 3.84. The van der Waals surface area contributed by atoms with Crippen LogP contribution in [0.3, 0.4) is 0 Å². The molecule has 0 radical (unpaired) electrons. The summed E-state index contributed by atoms with van der Waals surface area (Å²) in [4.78, 5) is 10.8. The minimum Gasteiger partial charge on any atom is -0.384 e. The number of hydrogen-bond acceptors (Lipinski definition) is 5. The molecule has 5 heteroatoms. The molecular weight excluding hydrogens is 226 g/mol. The molecule has 1 aliphatic heterocycles. The van der Waals surface area contributed by atoms with E-state index in [1.807, 2.05) is 6.92 Å². The Morgan fingerprint density at radius 3 is 2.78 bits per heavy atom. The number of nitrogens with two attached hydrogens (primary N) is 1. The Morgan fingerprint density at radius 1 is 1.39 bits per heavy atom. The predicted octanol–water partition coefficient (Wildman–Crippen LogP) is 1.51. The summed E-state index contributed by atoms with van der Waals surface area (Å²) in [7, 11) is 2.20. The van der Waals surface area contributed by atoms with Crippen LogP contribution < -0.4 is 11.1 Å². The van der Waals surface area contributed by atoms with Gasteiger partial charge in [0.05, 0.1) is 0 Å². The first-order valence-electron chi connectivity index (χ1n) is 6.67. The Hall–Kier alpha value is -1.36. The third-order valence-corrected chi connectivity index (χ3v) is 3.55. The zero-order chi connectivity index (χ0) is 13.0. The van der Waals surface area contributed by atoms with Gasteiger partial charge in [-0.25, -0.2) is 9.97 Å². The van der Waals surface area contributed by atoms with E-state index in [2.05, 4.69) is 27.2 Å². The van der Waals surface area contributed by atoms with E-state index in [1.54, 1.807) is 6.07 Å². The molecule has 1 aromatic rings. The number of aromatic nitrogens is 2. The van der Waals surface area contributed by atoms with Gasteiger partial charge in [-0.05, 0) is 52.2 Å². The maximum Gasteiger partial charge on any atom is 0.131 e. The maximum atomic E-state index is 5.69. The zero-order valence-electron chi connectivity index (χ0n) is 11.3. The van der Waals surface area contributed by atoms with Crippen LogP contribution in [0.5, 0.6) is 0 Å². The van der Waals surface area contributed by atoms with Crippen molar-refractivity contribution in [1.82, 2.24) is 14.9 Å². The van der Waals surface area contributed by atoms with Crippen molar-refractivity contribution in [2.75, 3.05) is 37.7 Å². The van der Waals surface area contributed by atoms with Crippen molar-refractivity contribution in [3.8, 4) is 0 Å². The lowest BCUT2D eigenvalue weighted by Crippen LogP contribution is -2.30. The maximum absolute atomic E-state index is 5.69. The van der Waals surface area contributed by atoms with Gasteiger partial charge in [0.25, 0.3) is 0 Å². The van der Waals surface area contributed by atoms with Gasteiger partial charge in [0.1, 0.15) is 17.5 Å². The fourth-order valence-electron chi connectivity index (χ4n) is 2.44. The van der Waals surface area contributed by atoms with E-state index in [0.717, 1.165) is 24.1 Å². The molecule has 0 saturated carbocycles. The van der Waals surface area contributed by atoms with E-state index in [4.69, 9.17) is 5.73 Å². The van der Waals surface area contributed by atoms with Crippen molar-refractivity contribution in [1.29, 1.82) is 0 Å². The molecule has 2 heterocycles. The van der Waals surface area contributed by atoms with E-state index < -0.39 is 0 Å². The number of nitrogens with one attached hydrogen (secondary N) is 1. The summed E-state index contributed by atoms with van der Waals surface area (Å²) in [6.45, 7) is 5.28. The first-order valence-corrected chi connectivity index (χ1v) is 6.67. The normalized spacial score (nSPS) is 17.9. The first-order chi connectivity index (χ1) is 8.63. The zero-order valence-corrected chi connectivity index (χ0v) is 11.3. The third-order valence-electron chi connectivity index (χ3n) is 3.55. The van der Waals surface area contributed by atoms with Crippen LogP contribution in [0.4, 0.5) is 11.6 Å². The van der Waals surface area contributed by atoms with Crippen molar-refractivity contribution in [3.05, 3.63) is 11.9 Å². The molecule has 1 aromatic heterocycles. The lowest BCUT2D eigenvalue weighted by molar-refractivity contribution is 0.215. The molecule has 0 atom stereocenters. The van der Waals surface area contributed by atoms with Gasteiger partial charge in [-0.2, -0.15) is 0 Å². The van der Waals surface area contributed by atoms with Crippen molar-refractivity contribution >= 4 is 11.6 Å². The summed E-state index contributed by atoms with van der Waals surface area (Å²) in [6.07, 6.45) is 3.82. The molecule has 1 saturated heterocycles. The van der Waals surface area contributed by atoms with Crippen LogP contribution >= 0.6 is 0 Å². The van der Waals surface area contributed by atoms with E-state index in [-0.39, 0.29) is 0 Å². The largest absolute Gasteiger partial charge is 0.384 e. The van der Waals surface area contributed by atoms with Gasteiger partial charge in [-0.3, -0.25) is 0 Å². The van der Waals surface area contributed by atoms with Gasteiger partial charge in [-0.15, -0.1) is 0 Å². The first kappa shape index (κ1) is 13.1. The van der Waals surface area contributed by atoms with Gasteiger partial charge in [0.2, 0.25) is 0 Å². The molecule has 1 aliphatic rings. The smallest absolute Gasteiger partial charge is 0.131 e. The van der Waals surface area contributed by atoms with Crippen LogP contribution in [0.1, 0.15) is 25.1 Å². The van der Waals surface area contributed by atoms with Crippen LogP contribution in [0.25, 0.3) is 0 Å². The average Bonchev–Trinajstić information content (AvgIpc) is 2.30. The summed E-state index contributed by atoms with van der Waals surface area (Å²) in [5.74, 6) is 2.93. The highest BCUT2D eigenvalue weighted by molar-refractivity contribution is 5.44. The molecule has 100 valence electrons. The van der Waals surface area contributed by atoms with Crippen LogP contribution in [0.2, 0.25) is 0 Å². The lowest BCUT2D eigenvalue weighted by Gasteiger charge is -2.28. The van der Waals surface area contributed by atoms with E-state index in [0.29, 0.717) is 5.82 Å². The predicted molar refractivity (Wildman–Crippen MR) is 74.5 cm³/mol. The Labute approximate surface area is 109 Å². The topological polar surface area (TPSA) is 67.1 Å². The number of likely N-dealkylation sites (tertiary alicyclic amines) is 1. The monoisotopic (exact) mass is 249 g/mol. The van der Waals surface area contributed by atoms with Crippen LogP contribution in [0.15, 0.2) is 6.07 Å². The molecule has 0 amide bonds. The summed E-state index contributed by atoms with van der Waals surface area (Å²) < 4.78 is 0. The number of rotatable bonds is 4. The second kappa shape index (κ2) is 6.00. The summed E-state index contributed by atoms with van der Waals surface area (Å²) in [5.41, 5.74) is 5.69. The van der Waals surface area contributed by atoms with Crippen molar-refractivity contribution < 1.29 is 0 Å². The van der Waals surface area contributed by atoms with Gasteiger partial charge in [0, 0.05) is 12.6 Å². The molecule has 5 nitrogen and oxygen atoms in total. The molecular formula is C13H23N5. The van der Waals surface area contributed by atoms with Crippen molar-refractivity contribution in [2.45, 2.75) is 26.2 Å². The summed E-state index contributed by atoms with van der Waals surface area (Å²) in [6, 6.07) is 1.79. The highest BCUT2D eigenvalue weighted by atomic mass is 15.1. The molecule has 0 unspecified atom stereocenters. The molecule has 0 bridgehead atoms. The fraction of sp³-hybridized carbons (Fsp3) is 0.692. The minimum absolute atomic E-state index is 0.532. The number of nitrogens with zero attached hydrogens (tertiary/aromatic N) is 3. The van der Waals surface area contributed by atoms with Crippen molar-refractivity contribution in [3.63, 3.8) is 0 Å². The van der Waals surface area contributed by atoms with E-state index in [1.165, 1.54) is 32.4 Å². The highest BCUT2D eigenvalue weighted by Gasteiger charge is 2.15. The summed E-state index contributed by atoms with van der Waals surface area (Å²) >= 11 is 0. The van der Waals surface area contributed by atoms with E-state index >= 15 is 0 Å². The molecule has 0 spiro atoms. The standard InChI is InChI=1S/C13H23N5/c1-10-16-12(14)9-13(17-10)15-6-3-11-4-7-18(2)8-5-11/h9,11H,3-8H2,1-2H3,(H3,14,15,16,17). The molecule has 0 aromatic carbocycles. The molecule has 0 aliphatic carbocycles. The number of anilines is 2. The Morgan fingerprint density at radius 2 is 2.11 bits per heavy atom. The number of nitrogen functional groups attached to an aromatic ring is 1. The summed E-state index contributed by atoms with van der Waals surface area (Å²) in [5, 5.41) is 3.34. The Bertz CT molecular complexity index is 365. The second-order valence-corrected chi connectivity index (χ2v) is 5.19. The number of piperidine rings is 1. The molecule has 18 heavy (non-hydrogen) atoms. The molecule has 3 N–H and O–H groups in total. The lowest BCUT2D eigenvalue weighted by atomic mass is 9.94. The molecule has 2 rings (SSSR count).